The van der Waals surface area contributed by atoms with Gasteiger partial charge in [-0.2, -0.15) is 0 Å². The summed E-state index contributed by atoms with van der Waals surface area (Å²) in [5.74, 6) is 1.02. The van der Waals surface area contributed by atoms with Gasteiger partial charge >= 0.3 is 0 Å². The van der Waals surface area contributed by atoms with Crippen molar-refractivity contribution in [1.82, 2.24) is 5.32 Å². The van der Waals surface area contributed by atoms with Crippen molar-refractivity contribution in [2.24, 2.45) is 5.92 Å². The molecular formula is C14H23NS. The highest BCUT2D eigenvalue weighted by Crippen LogP contribution is 2.29. The van der Waals surface area contributed by atoms with Crippen molar-refractivity contribution in [3.8, 4) is 0 Å². The molecule has 1 atom stereocenters. The van der Waals surface area contributed by atoms with Crippen molar-refractivity contribution in [1.29, 1.82) is 0 Å². The van der Waals surface area contributed by atoms with Crippen molar-refractivity contribution >= 4 is 11.3 Å². The Balaban J connectivity index is 1.78. The topological polar surface area (TPSA) is 12.0 Å². The summed E-state index contributed by atoms with van der Waals surface area (Å²) in [4.78, 5) is 2.90. The lowest BCUT2D eigenvalue weighted by Gasteiger charge is -2.26. The molecule has 1 aromatic rings. The van der Waals surface area contributed by atoms with Crippen LogP contribution in [0.1, 0.15) is 54.0 Å². The third-order valence-electron chi connectivity index (χ3n) is 3.77. The minimum absolute atomic E-state index is 0.519. The summed E-state index contributed by atoms with van der Waals surface area (Å²) in [5, 5.41) is 3.66. The van der Waals surface area contributed by atoms with Gasteiger partial charge in [0.15, 0.2) is 0 Å². The van der Waals surface area contributed by atoms with E-state index in [-0.39, 0.29) is 0 Å². The molecule has 0 aliphatic heterocycles. The first-order valence-electron chi connectivity index (χ1n) is 6.47. The largest absolute Gasteiger partial charge is 0.310 e. The van der Waals surface area contributed by atoms with Gasteiger partial charge in [0.2, 0.25) is 0 Å². The van der Waals surface area contributed by atoms with Crippen LogP contribution in [0.2, 0.25) is 0 Å². The lowest BCUT2D eigenvalue weighted by molar-refractivity contribution is 0.288. The Morgan fingerprint density at radius 1 is 1.44 bits per heavy atom. The first-order valence-corrected chi connectivity index (χ1v) is 7.29. The fourth-order valence-corrected chi connectivity index (χ4v) is 3.50. The van der Waals surface area contributed by atoms with Gasteiger partial charge in [0.05, 0.1) is 0 Å². The van der Waals surface area contributed by atoms with Crippen LogP contribution < -0.4 is 5.32 Å². The van der Waals surface area contributed by atoms with Crippen molar-refractivity contribution in [3.63, 3.8) is 0 Å². The molecule has 0 amide bonds. The summed E-state index contributed by atoms with van der Waals surface area (Å²) in [6.07, 6.45) is 5.76. The van der Waals surface area contributed by atoms with E-state index in [0.717, 1.165) is 5.92 Å². The van der Waals surface area contributed by atoms with E-state index >= 15 is 0 Å². The van der Waals surface area contributed by atoms with Crippen LogP contribution in [0, 0.1) is 19.8 Å². The van der Waals surface area contributed by atoms with Crippen LogP contribution in [0.15, 0.2) is 6.07 Å². The van der Waals surface area contributed by atoms with E-state index in [4.69, 9.17) is 0 Å². The Labute approximate surface area is 103 Å². The highest BCUT2D eigenvalue weighted by Gasteiger charge is 2.17. The SMILES string of the molecule is Cc1cc(C(C)NCCC2CCC2)c(C)s1. The summed E-state index contributed by atoms with van der Waals surface area (Å²) in [5.41, 5.74) is 1.50. The van der Waals surface area contributed by atoms with E-state index in [0.29, 0.717) is 6.04 Å². The highest BCUT2D eigenvalue weighted by atomic mass is 32.1. The van der Waals surface area contributed by atoms with E-state index in [1.165, 1.54) is 47.5 Å². The highest BCUT2D eigenvalue weighted by molar-refractivity contribution is 7.12. The van der Waals surface area contributed by atoms with Crippen molar-refractivity contribution < 1.29 is 0 Å². The molecule has 0 bridgehead atoms. The molecule has 1 nitrogen and oxygen atoms in total. The van der Waals surface area contributed by atoms with Gasteiger partial charge in [-0.15, -0.1) is 11.3 Å². The normalized spacial score (nSPS) is 18.4. The Kier molecular flexibility index (Phi) is 4.04. The predicted molar refractivity (Wildman–Crippen MR) is 72.2 cm³/mol. The van der Waals surface area contributed by atoms with Crippen molar-refractivity contribution in [2.75, 3.05) is 6.54 Å². The average Bonchev–Trinajstić information content (AvgIpc) is 2.49. The van der Waals surface area contributed by atoms with Crippen LogP contribution in [0.3, 0.4) is 0 Å². The second-order valence-corrected chi connectivity index (χ2v) is 6.59. The Morgan fingerprint density at radius 3 is 2.69 bits per heavy atom. The molecular weight excluding hydrogens is 214 g/mol. The van der Waals surface area contributed by atoms with Gasteiger partial charge in [-0.25, -0.2) is 0 Å². The van der Waals surface area contributed by atoms with Crippen LogP contribution in [0.25, 0.3) is 0 Å². The van der Waals surface area contributed by atoms with Gasteiger partial charge in [0, 0.05) is 15.8 Å². The standard InChI is InChI=1S/C14H23NS/c1-10-9-14(12(3)16-10)11(2)15-8-7-13-5-4-6-13/h9,11,13,15H,4-8H2,1-3H3. The zero-order valence-electron chi connectivity index (χ0n) is 10.7. The molecule has 0 saturated heterocycles. The maximum atomic E-state index is 3.66. The second kappa shape index (κ2) is 5.33. The molecule has 1 unspecified atom stereocenters. The van der Waals surface area contributed by atoms with Crippen LogP contribution in [0.5, 0.6) is 0 Å². The second-order valence-electron chi connectivity index (χ2n) is 5.13. The lowest BCUT2D eigenvalue weighted by Crippen LogP contribution is -2.24. The molecule has 1 saturated carbocycles. The summed E-state index contributed by atoms with van der Waals surface area (Å²) in [6.45, 7) is 7.90. The molecule has 2 rings (SSSR count). The number of aryl methyl sites for hydroxylation is 2. The average molecular weight is 237 g/mol. The number of hydrogen-bond acceptors (Lipinski definition) is 2. The molecule has 0 spiro atoms. The van der Waals surface area contributed by atoms with Crippen LogP contribution in [-0.4, -0.2) is 6.54 Å². The van der Waals surface area contributed by atoms with Gasteiger partial charge in [0.1, 0.15) is 0 Å². The van der Waals surface area contributed by atoms with E-state index in [1.807, 2.05) is 11.3 Å². The van der Waals surface area contributed by atoms with Gasteiger partial charge in [-0.1, -0.05) is 19.3 Å². The smallest absolute Gasteiger partial charge is 0.0302 e. The summed E-state index contributed by atoms with van der Waals surface area (Å²) in [7, 11) is 0. The summed E-state index contributed by atoms with van der Waals surface area (Å²) >= 11 is 1.91. The van der Waals surface area contributed by atoms with Gasteiger partial charge in [-0.05, 0) is 51.3 Å². The molecule has 1 aliphatic rings. The first-order chi connectivity index (χ1) is 7.66. The molecule has 16 heavy (non-hydrogen) atoms. The molecule has 1 fully saturated rings. The zero-order chi connectivity index (χ0) is 11.5. The first kappa shape index (κ1) is 12.1. The maximum Gasteiger partial charge on any atom is 0.0302 e. The number of nitrogens with one attached hydrogen (secondary N) is 1. The van der Waals surface area contributed by atoms with Crippen LogP contribution >= 0.6 is 11.3 Å². The maximum absolute atomic E-state index is 3.66. The molecule has 0 aromatic carbocycles. The molecule has 1 aliphatic carbocycles. The fraction of sp³-hybridized carbons (Fsp3) is 0.714. The molecule has 0 radical (unpaired) electrons. The third kappa shape index (κ3) is 2.86. The Morgan fingerprint density at radius 2 is 2.19 bits per heavy atom. The lowest BCUT2D eigenvalue weighted by atomic mass is 9.83. The minimum atomic E-state index is 0.519. The summed E-state index contributed by atoms with van der Waals surface area (Å²) < 4.78 is 0. The molecule has 1 heterocycles. The molecule has 90 valence electrons. The number of rotatable bonds is 5. The summed E-state index contributed by atoms with van der Waals surface area (Å²) in [6, 6.07) is 2.85. The van der Waals surface area contributed by atoms with Crippen LogP contribution in [0.4, 0.5) is 0 Å². The Hall–Kier alpha value is -0.340. The monoisotopic (exact) mass is 237 g/mol. The number of hydrogen-bond donors (Lipinski definition) is 1. The van der Waals surface area contributed by atoms with Crippen molar-refractivity contribution in [2.45, 2.75) is 52.5 Å². The van der Waals surface area contributed by atoms with E-state index in [1.54, 1.807) is 0 Å². The van der Waals surface area contributed by atoms with Gasteiger partial charge < -0.3 is 5.32 Å². The Bertz CT molecular complexity index is 339. The number of thiophene rings is 1. The van der Waals surface area contributed by atoms with Crippen molar-refractivity contribution in [3.05, 3.63) is 21.4 Å². The third-order valence-corrected chi connectivity index (χ3v) is 4.76. The van der Waals surface area contributed by atoms with Gasteiger partial charge in [0.25, 0.3) is 0 Å². The minimum Gasteiger partial charge on any atom is -0.310 e. The zero-order valence-corrected chi connectivity index (χ0v) is 11.5. The molecule has 2 heteroatoms. The van der Waals surface area contributed by atoms with Crippen LogP contribution in [-0.2, 0) is 0 Å². The molecule has 1 aromatic heterocycles. The van der Waals surface area contributed by atoms with E-state index < -0.39 is 0 Å². The fourth-order valence-electron chi connectivity index (χ4n) is 2.48. The predicted octanol–water partition coefficient (Wildman–Crippen LogP) is 4.21. The molecule has 1 N–H and O–H groups in total. The van der Waals surface area contributed by atoms with Gasteiger partial charge in [-0.3, -0.25) is 0 Å². The van der Waals surface area contributed by atoms with E-state index in [2.05, 4.69) is 32.2 Å². The quantitative estimate of drug-likeness (QED) is 0.809. The van der Waals surface area contributed by atoms with E-state index in [9.17, 15) is 0 Å².